The molecule has 1 rings (SSSR count). The van der Waals surface area contributed by atoms with Crippen LogP contribution >= 0.6 is 15.9 Å². The SMILES string of the molecule is CCN(CCBr)c1cc(OC(C)C)ncn1. The highest BCUT2D eigenvalue weighted by Gasteiger charge is 2.07. The van der Waals surface area contributed by atoms with Crippen molar-refractivity contribution in [2.45, 2.75) is 26.9 Å². The predicted octanol–water partition coefficient (Wildman–Crippen LogP) is 2.49. The van der Waals surface area contributed by atoms with Gasteiger partial charge in [-0.05, 0) is 20.8 Å². The lowest BCUT2D eigenvalue weighted by Crippen LogP contribution is -2.25. The molecule has 0 N–H and O–H groups in total. The van der Waals surface area contributed by atoms with Gasteiger partial charge in [0, 0.05) is 24.5 Å². The molecule has 0 saturated heterocycles. The van der Waals surface area contributed by atoms with Crippen LogP contribution in [0.25, 0.3) is 0 Å². The monoisotopic (exact) mass is 287 g/mol. The van der Waals surface area contributed by atoms with Gasteiger partial charge >= 0.3 is 0 Å². The fourth-order valence-corrected chi connectivity index (χ4v) is 1.77. The van der Waals surface area contributed by atoms with E-state index in [-0.39, 0.29) is 6.10 Å². The molecule has 1 heterocycles. The van der Waals surface area contributed by atoms with Crippen LogP contribution in [0.1, 0.15) is 20.8 Å². The Labute approximate surface area is 105 Å². The lowest BCUT2D eigenvalue weighted by atomic mass is 10.4. The van der Waals surface area contributed by atoms with E-state index in [0.29, 0.717) is 5.88 Å². The van der Waals surface area contributed by atoms with Crippen molar-refractivity contribution in [3.8, 4) is 5.88 Å². The molecule has 0 saturated carbocycles. The van der Waals surface area contributed by atoms with E-state index < -0.39 is 0 Å². The van der Waals surface area contributed by atoms with Crippen LogP contribution in [0.5, 0.6) is 5.88 Å². The van der Waals surface area contributed by atoms with Gasteiger partial charge in [-0.15, -0.1) is 0 Å². The maximum Gasteiger partial charge on any atom is 0.218 e. The lowest BCUT2D eigenvalue weighted by molar-refractivity contribution is 0.232. The molecule has 4 nitrogen and oxygen atoms in total. The third-order valence-electron chi connectivity index (χ3n) is 2.04. The molecule has 90 valence electrons. The van der Waals surface area contributed by atoms with E-state index in [2.05, 4.69) is 37.7 Å². The number of nitrogens with zero attached hydrogens (tertiary/aromatic N) is 3. The van der Waals surface area contributed by atoms with E-state index in [0.717, 1.165) is 24.2 Å². The zero-order valence-corrected chi connectivity index (χ0v) is 11.6. The van der Waals surface area contributed by atoms with Crippen molar-refractivity contribution in [3.05, 3.63) is 12.4 Å². The summed E-state index contributed by atoms with van der Waals surface area (Å²) in [4.78, 5) is 10.5. The van der Waals surface area contributed by atoms with Crippen LogP contribution in [0.3, 0.4) is 0 Å². The summed E-state index contributed by atoms with van der Waals surface area (Å²) in [6.45, 7) is 7.92. The van der Waals surface area contributed by atoms with E-state index in [9.17, 15) is 0 Å². The Bertz CT molecular complexity index is 320. The molecule has 0 aliphatic heterocycles. The Morgan fingerprint density at radius 1 is 1.44 bits per heavy atom. The molecule has 0 aliphatic carbocycles. The summed E-state index contributed by atoms with van der Waals surface area (Å²) in [5.74, 6) is 1.54. The Kier molecular flexibility index (Phi) is 5.52. The van der Waals surface area contributed by atoms with Crippen molar-refractivity contribution < 1.29 is 4.74 Å². The number of halogens is 1. The van der Waals surface area contributed by atoms with Gasteiger partial charge in [0.05, 0.1) is 6.10 Å². The molecule has 0 spiro atoms. The number of anilines is 1. The smallest absolute Gasteiger partial charge is 0.218 e. The number of alkyl halides is 1. The zero-order valence-electron chi connectivity index (χ0n) is 9.98. The second-order valence-electron chi connectivity index (χ2n) is 3.65. The van der Waals surface area contributed by atoms with Crippen LogP contribution in [-0.2, 0) is 0 Å². The molecule has 1 aromatic heterocycles. The first-order chi connectivity index (χ1) is 7.67. The molecule has 16 heavy (non-hydrogen) atoms. The topological polar surface area (TPSA) is 38.2 Å². The average Bonchev–Trinajstić information content (AvgIpc) is 2.25. The van der Waals surface area contributed by atoms with Crippen LogP contribution in [0.2, 0.25) is 0 Å². The summed E-state index contributed by atoms with van der Waals surface area (Å²) in [6, 6.07) is 1.88. The largest absolute Gasteiger partial charge is 0.475 e. The average molecular weight is 288 g/mol. The number of ether oxygens (including phenoxy) is 1. The fraction of sp³-hybridized carbons (Fsp3) is 0.636. The highest BCUT2D eigenvalue weighted by molar-refractivity contribution is 9.09. The first-order valence-corrected chi connectivity index (χ1v) is 6.59. The molecule has 0 unspecified atom stereocenters. The van der Waals surface area contributed by atoms with Gasteiger partial charge in [0.15, 0.2) is 0 Å². The normalized spacial score (nSPS) is 10.6. The summed E-state index contributed by atoms with van der Waals surface area (Å²) in [5, 5.41) is 0.922. The van der Waals surface area contributed by atoms with Gasteiger partial charge in [-0.3, -0.25) is 0 Å². The van der Waals surface area contributed by atoms with Gasteiger partial charge in [0.2, 0.25) is 5.88 Å². The van der Waals surface area contributed by atoms with Crippen molar-refractivity contribution in [1.29, 1.82) is 0 Å². The third kappa shape index (κ3) is 3.96. The zero-order chi connectivity index (χ0) is 12.0. The van der Waals surface area contributed by atoms with E-state index in [1.165, 1.54) is 0 Å². The minimum Gasteiger partial charge on any atom is -0.475 e. The van der Waals surface area contributed by atoms with Crippen molar-refractivity contribution in [3.63, 3.8) is 0 Å². The summed E-state index contributed by atoms with van der Waals surface area (Å²) >= 11 is 3.43. The van der Waals surface area contributed by atoms with Gasteiger partial charge in [0.1, 0.15) is 12.1 Å². The van der Waals surface area contributed by atoms with Crippen LogP contribution in [0.15, 0.2) is 12.4 Å². The minimum absolute atomic E-state index is 0.133. The van der Waals surface area contributed by atoms with Gasteiger partial charge in [-0.1, -0.05) is 15.9 Å². The van der Waals surface area contributed by atoms with Gasteiger partial charge in [-0.2, -0.15) is 0 Å². The maximum atomic E-state index is 5.54. The standard InChI is InChI=1S/C11H18BrN3O/c1-4-15(6-5-12)10-7-11(14-8-13-10)16-9(2)3/h7-9H,4-6H2,1-3H3. The third-order valence-corrected chi connectivity index (χ3v) is 2.40. The Morgan fingerprint density at radius 3 is 2.75 bits per heavy atom. The van der Waals surface area contributed by atoms with E-state index in [1.54, 1.807) is 6.33 Å². The van der Waals surface area contributed by atoms with Crippen LogP contribution in [0.4, 0.5) is 5.82 Å². The number of hydrogen-bond donors (Lipinski definition) is 0. The highest BCUT2D eigenvalue weighted by Crippen LogP contribution is 2.16. The summed E-state index contributed by atoms with van der Waals surface area (Å²) < 4.78 is 5.54. The van der Waals surface area contributed by atoms with E-state index in [1.807, 2.05) is 19.9 Å². The van der Waals surface area contributed by atoms with Crippen molar-refractivity contribution in [2.75, 3.05) is 23.3 Å². The molecule has 0 aliphatic rings. The number of rotatable bonds is 6. The quantitative estimate of drug-likeness (QED) is 0.754. The van der Waals surface area contributed by atoms with Crippen molar-refractivity contribution in [2.24, 2.45) is 0 Å². The van der Waals surface area contributed by atoms with E-state index in [4.69, 9.17) is 4.74 Å². The lowest BCUT2D eigenvalue weighted by Gasteiger charge is -2.21. The van der Waals surface area contributed by atoms with Crippen LogP contribution in [-0.4, -0.2) is 34.5 Å². The van der Waals surface area contributed by atoms with Crippen molar-refractivity contribution >= 4 is 21.7 Å². The Morgan fingerprint density at radius 2 is 2.19 bits per heavy atom. The van der Waals surface area contributed by atoms with Crippen molar-refractivity contribution in [1.82, 2.24) is 9.97 Å². The minimum atomic E-state index is 0.133. The predicted molar refractivity (Wildman–Crippen MR) is 69.5 cm³/mol. The molecule has 0 radical (unpaired) electrons. The molecular weight excluding hydrogens is 270 g/mol. The molecule has 1 aromatic rings. The van der Waals surface area contributed by atoms with Gasteiger partial charge in [-0.25, -0.2) is 9.97 Å². The van der Waals surface area contributed by atoms with Gasteiger partial charge < -0.3 is 9.64 Å². The highest BCUT2D eigenvalue weighted by atomic mass is 79.9. The Balaban J connectivity index is 2.79. The number of aromatic nitrogens is 2. The summed E-state index contributed by atoms with van der Waals surface area (Å²) in [7, 11) is 0. The fourth-order valence-electron chi connectivity index (χ4n) is 1.35. The second kappa shape index (κ2) is 6.68. The Hall–Kier alpha value is -0.840. The maximum absolute atomic E-state index is 5.54. The molecule has 0 bridgehead atoms. The molecule has 0 fully saturated rings. The van der Waals surface area contributed by atoms with Crippen LogP contribution < -0.4 is 9.64 Å². The second-order valence-corrected chi connectivity index (χ2v) is 4.44. The van der Waals surface area contributed by atoms with E-state index >= 15 is 0 Å². The summed E-state index contributed by atoms with van der Waals surface area (Å²) in [6.07, 6.45) is 1.68. The molecular formula is C11H18BrN3O. The summed E-state index contributed by atoms with van der Waals surface area (Å²) in [5.41, 5.74) is 0. The molecule has 0 aromatic carbocycles. The molecule has 0 atom stereocenters. The van der Waals surface area contributed by atoms with Gasteiger partial charge in [0.25, 0.3) is 0 Å². The molecule has 0 amide bonds. The van der Waals surface area contributed by atoms with Crippen LogP contribution in [0, 0.1) is 0 Å². The first-order valence-electron chi connectivity index (χ1n) is 5.47. The number of hydrogen-bond acceptors (Lipinski definition) is 4. The molecule has 5 heteroatoms. The first kappa shape index (κ1) is 13.2.